The Kier molecular flexibility index (Phi) is 5.49. The Morgan fingerprint density at radius 2 is 1.85 bits per heavy atom. The van der Waals surface area contributed by atoms with Crippen LogP contribution in [0.1, 0.15) is 65.7 Å². The van der Waals surface area contributed by atoms with Crippen LogP contribution in [0.25, 0.3) is 0 Å². The highest BCUT2D eigenvalue weighted by Gasteiger charge is 2.37. The normalized spacial score (nSPS) is 27.9. The van der Waals surface area contributed by atoms with Crippen molar-refractivity contribution in [2.75, 3.05) is 26.2 Å². The molecular formula is C17H34N2O. The van der Waals surface area contributed by atoms with Crippen LogP contribution < -0.4 is 5.32 Å². The Bertz CT molecular complexity index is 292. The van der Waals surface area contributed by atoms with Gasteiger partial charge in [0, 0.05) is 24.7 Å². The van der Waals surface area contributed by atoms with Crippen molar-refractivity contribution in [3.8, 4) is 0 Å². The molecule has 0 spiro atoms. The molecule has 20 heavy (non-hydrogen) atoms. The van der Waals surface area contributed by atoms with Gasteiger partial charge in [-0.1, -0.05) is 19.3 Å². The summed E-state index contributed by atoms with van der Waals surface area (Å²) in [5.41, 5.74) is 0.634. The summed E-state index contributed by atoms with van der Waals surface area (Å²) in [4.78, 5) is 2.57. The molecule has 1 aliphatic heterocycles. The molecule has 0 bridgehead atoms. The molecule has 1 aliphatic carbocycles. The van der Waals surface area contributed by atoms with Gasteiger partial charge in [-0.25, -0.2) is 0 Å². The molecule has 0 radical (unpaired) electrons. The summed E-state index contributed by atoms with van der Waals surface area (Å²) in [6.45, 7) is 10.6. The van der Waals surface area contributed by atoms with Crippen LogP contribution in [0, 0.1) is 5.41 Å². The standard InChI is InChI=1S/C17H34N2O/c1-16(2,3)18-13-17(9-5-4-6-10-17)14-19-11-7-8-15(19)12-20/h15,18,20H,4-14H2,1-3H3. The van der Waals surface area contributed by atoms with E-state index >= 15 is 0 Å². The second-order valence-corrected chi connectivity index (χ2v) is 8.11. The van der Waals surface area contributed by atoms with Crippen molar-refractivity contribution in [2.24, 2.45) is 5.41 Å². The molecule has 0 amide bonds. The first-order valence-electron chi connectivity index (χ1n) is 8.54. The number of rotatable bonds is 5. The maximum absolute atomic E-state index is 9.55. The highest BCUT2D eigenvalue weighted by Crippen LogP contribution is 2.38. The van der Waals surface area contributed by atoms with Gasteiger partial charge in [-0.15, -0.1) is 0 Å². The Hall–Kier alpha value is -0.120. The van der Waals surface area contributed by atoms with E-state index in [2.05, 4.69) is 31.0 Å². The lowest BCUT2D eigenvalue weighted by Crippen LogP contribution is -2.51. The molecule has 2 fully saturated rings. The molecule has 0 aromatic rings. The van der Waals surface area contributed by atoms with Gasteiger partial charge in [-0.3, -0.25) is 4.90 Å². The monoisotopic (exact) mass is 282 g/mol. The van der Waals surface area contributed by atoms with E-state index in [4.69, 9.17) is 0 Å². The predicted molar refractivity (Wildman–Crippen MR) is 85.0 cm³/mol. The number of likely N-dealkylation sites (tertiary alicyclic amines) is 1. The zero-order valence-electron chi connectivity index (χ0n) is 13.7. The number of hydrogen-bond acceptors (Lipinski definition) is 3. The van der Waals surface area contributed by atoms with Crippen molar-refractivity contribution in [1.82, 2.24) is 10.2 Å². The van der Waals surface area contributed by atoms with E-state index in [0.717, 1.165) is 6.54 Å². The topological polar surface area (TPSA) is 35.5 Å². The van der Waals surface area contributed by atoms with E-state index in [-0.39, 0.29) is 5.54 Å². The van der Waals surface area contributed by atoms with E-state index in [1.807, 2.05) is 0 Å². The van der Waals surface area contributed by atoms with E-state index in [9.17, 15) is 5.11 Å². The molecule has 1 atom stereocenters. The first-order chi connectivity index (χ1) is 9.44. The molecule has 1 unspecified atom stereocenters. The quantitative estimate of drug-likeness (QED) is 0.814. The van der Waals surface area contributed by atoms with E-state index in [0.29, 0.717) is 18.1 Å². The molecule has 1 saturated heterocycles. The van der Waals surface area contributed by atoms with Crippen LogP contribution in [0.3, 0.4) is 0 Å². The summed E-state index contributed by atoms with van der Waals surface area (Å²) in [5, 5.41) is 13.3. The fourth-order valence-corrected chi connectivity index (χ4v) is 3.89. The lowest BCUT2D eigenvalue weighted by atomic mass is 9.73. The van der Waals surface area contributed by atoms with Gasteiger partial charge in [0.15, 0.2) is 0 Å². The average molecular weight is 282 g/mol. The van der Waals surface area contributed by atoms with Crippen LogP contribution in [0.15, 0.2) is 0 Å². The van der Waals surface area contributed by atoms with Crippen molar-refractivity contribution in [2.45, 2.75) is 77.3 Å². The Morgan fingerprint density at radius 3 is 2.45 bits per heavy atom. The molecule has 118 valence electrons. The van der Waals surface area contributed by atoms with Crippen molar-refractivity contribution >= 4 is 0 Å². The molecule has 0 aromatic heterocycles. The van der Waals surface area contributed by atoms with Gasteiger partial charge in [0.05, 0.1) is 6.61 Å². The summed E-state index contributed by atoms with van der Waals surface area (Å²) in [6, 6.07) is 0.420. The van der Waals surface area contributed by atoms with Crippen LogP contribution in [-0.2, 0) is 0 Å². The van der Waals surface area contributed by atoms with Crippen LogP contribution in [0.4, 0.5) is 0 Å². The van der Waals surface area contributed by atoms with Gasteiger partial charge in [-0.2, -0.15) is 0 Å². The van der Waals surface area contributed by atoms with Crippen molar-refractivity contribution in [1.29, 1.82) is 0 Å². The maximum atomic E-state index is 9.55. The van der Waals surface area contributed by atoms with Crippen LogP contribution in [0.5, 0.6) is 0 Å². The lowest BCUT2D eigenvalue weighted by molar-refractivity contribution is 0.0692. The lowest BCUT2D eigenvalue weighted by Gasteiger charge is -2.43. The molecular weight excluding hydrogens is 248 g/mol. The largest absolute Gasteiger partial charge is 0.395 e. The van der Waals surface area contributed by atoms with Crippen LogP contribution in [0.2, 0.25) is 0 Å². The Balaban J connectivity index is 1.99. The first kappa shape index (κ1) is 16.3. The van der Waals surface area contributed by atoms with Crippen LogP contribution >= 0.6 is 0 Å². The number of aliphatic hydroxyl groups is 1. The molecule has 2 N–H and O–H groups in total. The van der Waals surface area contributed by atoms with E-state index in [1.165, 1.54) is 58.0 Å². The minimum Gasteiger partial charge on any atom is -0.395 e. The molecule has 1 heterocycles. The third-order valence-electron chi connectivity index (χ3n) is 5.16. The van der Waals surface area contributed by atoms with Crippen molar-refractivity contribution in [3.05, 3.63) is 0 Å². The van der Waals surface area contributed by atoms with E-state index < -0.39 is 0 Å². The molecule has 1 saturated carbocycles. The third-order valence-corrected chi connectivity index (χ3v) is 5.16. The van der Waals surface area contributed by atoms with Gasteiger partial charge in [0.25, 0.3) is 0 Å². The minimum atomic E-state index is 0.200. The summed E-state index contributed by atoms with van der Waals surface area (Å²) >= 11 is 0. The predicted octanol–water partition coefficient (Wildman–Crippen LogP) is 2.78. The fourth-order valence-electron chi connectivity index (χ4n) is 3.89. The zero-order chi connectivity index (χ0) is 14.6. The Morgan fingerprint density at radius 1 is 1.15 bits per heavy atom. The number of aliphatic hydroxyl groups excluding tert-OH is 1. The van der Waals surface area contributed by atoms with Gasteiger partial charge >= 0.3 is 0 Å². The van der Waals surface area contributed by atoms with Crippen molar-refractivity contribution in [3.63, 3.8) is 0 Å². The summed E-state index contributed by atoms with van der Waals surface area (Å²) in [5.74, 6) is 0. The minimum absolute atomic E-state index is 0.200. The Labute approximate surface area is 125 Å². The van der Waals surface area contributed by atoms with Gasteiger partial charge in [0.2, 0.25) is 0 Å². The zero-order valence-corrected chi connectivity index (χ0v) is 13.7. The summed E-state index contributed by atoms with van der Waals surface area (Å²) in [7, 11) is 0. The first-order valence-corrected chi connectivity index (χ1v) is 8.54. The van der Waals surface area contributed by atoms with Crippen LogP contribution in [-0.4, -0.2) is 47.8 Å². The summed E-state index contributed by atoms with van der Waals surface area (Å²) in [6.07, 6.45) is 9.30. The molecule has 0 aromatic carbocycles. The SMILES string of the molecule is CC(C)(C)NCC1(CN2CCCC2CO)CCCCC1. The molecule has 2 aliphatic rings. The summed E-state index contributed by atoms with van der Waals surface area (Å²) < 4.78 is 0. The molecule has 3 nitrogen and oxygen atoms in total. The second kappa shape index (κ2) is 6.76. The molecule has 3 heteroatoms. The average Bonchev–Trinajstić information content (AvgIpc) is 2.84. The third kappa shape index (κ3) is 4.44. The number of nitrogens with zero attached hydrogens (tertiary/aromatic N) is 1. The second-order valence-electron chi connectivity index (χ2n) is 8.11. The van der Waals surface area contributed by atoms with Gasteiger partial charge in [0.1, 0.15) is 0 Å². The highest BCUT2D eigenvalue weighted by molar-refractivity contribution is 4.92. The van der Waals surface area contributed by atoms with Gasteiger partial charge < -0.3 is 10.4 Å². The smallest absolute Gasteiger partial charge is 0.0586 e. The highest BCUT2D eigenvalue weighted by atomic mass is 16.3. The maximum Gasteiger partial charge on any atom is 0.0586 e. The van der Waals surface area contributed by atoms with Crippen molar-refractivity contribution < 1.29 is 5.11 Å². The fraction of sp³-hybridized carbons (Fsp3) is 1.00. The number of hydrogen-bond donors (Lipinski definition) is 2. The van der Waals surface area contributed by atoms with E-state index in [1.54, 1.807) is 0 Å². The van der Waals surface area contributed by atoms with Gasteiger partial charge in [-0.05, 0) is 58.4 Å². The number of nitrogens with one attached hydrogen (secondary N) is 1. The molecule has 2 rings (SSSR count).